The molecule has 132 valence electrons. The van der Waals surface area contributed by atoms with Crippen LogP contribution in [0.15, 0.2) is 115 Å². The molecule has 0 spiro atoms. The van der Waals surface area contributed by atoms with Crippen LogP contribution < -0.4 is 21.0 Å². The normalized spacial score (nSPS) is 11.1. The molecule has 0 unspecified atom stereocenters. The molecule has 4 rings (SSSR count). The zero-order valence-electron chi connectivity index (χ0n) is 15.4. The van der Waals surface area contributed by atoms with Crippen molar-refractivity contribution in [1.82, 2.24) is 0 Å². The summed E-state index contributed by atoms with van der Waals surface area (Å²) in [6.45, 7) is 2.21. The molecular weight excluding hydrogens is 345 g/mol. The Labute approximate surface area is 162 Å². The second-order valence-corrected chi connectivity index (χ2v) is 9.69. The summed E-state index contributed by atoms with van der Waals surface area (Å²) < 4.78 is 0. The highest BCUT2D eigenvalue weighted by Crippen LogP contribution is 2.55. The van der Waals surface area contributed by atoms with Crippen molar-refractivity contribution in [2.24, 2.45) is 0 Å². The summed E-state index contributed by atoms with van der Waals surface area (Å²) in [5.41, 5.74) is 2.45. The molecule has 4 aromatic carbocycles. The average Bonchev–Trinajstić information content (AvgIpc) is 2.75. The highest BCUT2D eigenvalue weighted by molar-refractivity contribution is 7.96. The minimum Gasteiger partial charge on any atom is -0.247 e. The Morgan fingerprint density at radius 3 is 1.48 bits per heavy atom. The van der Waals surface area contributed by atoms with Gasteiger partial charge in [0.15, 0.2) is 7.41 Å². The maximum absolute atomic E-state index is 3.99. The lowest BCUT2D eigenvalue weighted by Gasteiger charge is -2.29. The molecule has 0 aliphatic heterocycles. The van der Waals surface area contributed by atoms with E-state index in [9.17, 15) is 0 Å². The van der Waals surface area contributed by atoms with E-state index in [1.807, 2.05) is 0 Å². The standard InChI is InChI=1S/C25H23NP/c1-21-13-11-12-20-25(21)27(23-16-7-3-8-17-23,24-18-9-4-10-19-24)26-22-14-5-2-6-15-22/h2-20,26H,1H3/q+1. The van der Waals surface area contributed by atoms with Crippen molar-refractivity contribution in [3.05, 3.63) is 121 Å². The van der Waals surface area contributed by atoms with E-state index in [1.54, 1.807) is 0 Å². The Morgan fingerprint density at radius 2 is 0.963 bits per heavy atom. The molecule has 0 aliphatic rings. The van der Waals surface area contributed by atoms with Crippen molar-refractivity contribution >= 4 is 29.0 Å². The predicted octanol–water partition coefficient (Wildman–Crippen LogP) is 5.32. The zero-order chi connectivity index (χ0) is 18.5. The van der Waals surface area contributed by atoms with Crippen molar-refractivity contribution < 1.29 is 0 Å². The largest absolute Gasteiger partial charge is 0.247 e. The lowest BCUT2D eigenvalue weighted by molar-refractivity contribution is 1.51. The Hall–Kier alpha value is -2.89. The zero-order valence-corrected chi connectivity index (χ0v) is 16.3. The van der Waals surface area contributed by atoms with Crippen LogP contribution in [0.5, 0.6) is 0 Å². The monoisotopic (exact) mass is 368 g/mol. The van der Waals surface area contributed by atoms with Gasteiger partial charge in [-0.25, -0.2) is 5.09 Å². The van der Waals surface area contributed by atoms with E-state index in [0.717, 1.165) is 5.69 Å². The molecule has 4 aromatic rings. The quantitative estimate of drug-likeness (QED) is 0.470. The third kappa shape index (κ3) is 3.39. The van der Waals surface area contributed by atoms with Crippen molar-refractivity contribution in [3.63, 3.8) is 0 Å². The van der Waals surface area contributed by atoms with E-state index in [4.69, 9.17) is 0 Å². The summed E-state index contributed by atoms with van der Waals surface area (Å²) >= 11 is 0. The highest BCUT2D eigenvalue weighted by Gasteiger charge is 2.47. The van der Waals surface area contributed by atoms with E-state index in [1.165, 1.54) is 21.5 Å². The third-order valence-corrected chi connectivity index (χ3v) is 8.80. The maximum Gasteiger partial charge on any atom is 0.200 e. The van der Waals surface area contributed by atoms with Gasteiger partial charge in [-0.15, -0.1) is 0 Å². The molecule has 0 saturated carbocycles. The molecule has 2 heteroatoms. The molecule has 0 radical (unpaired) electrons. The molecule has 0 aromatic heterocycles. The summed E-state index contributed by atoms with van der Waals surface area (Å²) in [7, 11) is -2.06. The molecule has 0 amide bonds. The predicted molar refractivity (Wildman–Crippen MR) is 120 cm³/mol. The van der Waals surface area contributed by atoms with Crippen LogP contribution in [0.2, 0.25) is 0 Å². The van der Waals surface area contributed by atoms with Crippen molar-refractivity contribution in [2.45, 2.75) is 6.92 Å². The Bertz CT molecular complexity index is 958. The average molecular weight is 368 g/mol. The van der Waals surface area contributed by atoms with E-state index in [-0.39, 0.29) is 0 Å². The van der Waals surface area contributed by atoms with Crippen LogP contribution in [0.1, 0.15) is 5.56 Å². The molecule has 0 bridgehead atoms. The lowest BCUT2D eigenvalue weighted by atomic mass is 10.2. The molecule has 0 saturated heterocycles. The first-order valence-corrected chi connectivity index (χ1v) is 11.0. The number of rotatable bonds is 5. The fraction of sp³-hybridized carbons (Fsp3) is 0.0400. The van der Waals surface area contributed by atoms with Gasteiger partial charge in [0.1, 0.15) is 15.9 Å². The first kappa shape index (κ1) is 17.5. The Kier molecular flexibility index (Phi) is 5.05. The van der Waals surface area contributed by atoms with Gasteiger partial charge >= 0.3 is 0 Å². The minimum absolute atomic E-state index is 1.14. The van der Waals surface area contributed by atoms with Crippen LogP contribution >= 0.6 is 7.41 Å². The fourth-order valence-corrected chi connectivity index (χ4v) is 7.49. The first-order valence-electron chi connectivity index (χ1n) is 9.20. The summed E-state index contributed by atoms with van der Waals surface area (Å²) in [4.78, 5) is 0. The van der Waals surface area contributed by atoms with E-state index in [2.05, 4.69) is 127 Å². The summed E-state index contributed by atoms with van der Waals surface area (Å²) in [5, 5.41) is 8.02. The molecule has 0 aliphatic carbocycles. The summed E-state index contributed by atoms with van der Waals surface area (Å²) in [5.74, 6) is 0. The van der Waals surface area contributed by atoms with Crippen molar-refractivity contribution in [1.29, 1.82) is 0 Å². The van der Waals surface area contributed by atoms with E-state index < -0.39 is 7.41 Å². The maximum atomic E-state index is 3.99. The molecule has 27 heavy (non-hydrogen) atoms. The Morgan fingerprint density at radius 1 is 0.519 bits per heavy atom. The first-order chi connectivity index (χ1) is 13.3. The number of aryl methyl sites for hydroxylation is 1. The number of hydrogen-bond acceptors (Lipinski definition) is 1. The van der Waals surface area contributed by atoms with Gasteiger partial charge in [-0.1, -0.05) is 72.8 Å². The van der Waals surface area contributed by atoms with Gasteiger partial charge in [-0.2, -0.15) is 0 Å². The van der Waals surface area contributed by atoms with Crippen LogP contribution in [0.4, 0.5) is 5.69 Å². The van der Waals surface area contributed by atoms with Gasteiger partial charge < -0.3 is 0 Å². The van der Waals surface area contributed by atoms with E-state index in [0.29, 0.717) is 0 Å². The minimum atomic E-state index is -2.06. The highest BCUT2D eigenvalue weighted by atomic mass is 31.2. The topological polar surface area (TPSA) is 12.0 Å². The van der Waals surface area contributed by atoms with Crippen molar-refractivity contribution in [2.75, 3.05) is 5.09 Å². The van der Waals surface area contributed by atoms with Gasteiger partial charge in [0.2, 0.25) is 0 Å². The van der Waals surface area contributed by atoms with Crippen LogP contribution in [-0.4, -0.2) is 0 Å². The van der Waals surface area contributed by atoms with Crippen LogP contribution in [0, 0.1) is 6.92 Å². The van der Waals surface area contributed by atoms with Crippen LogP contribution in [0.3, 0.4) is 0 Å². The summed E-state index contributed by atoms with van der Waals surface area (Å²) in [6.07, 6.45) is 0. The van der Waals surface area contributed by atoms with Crippen molar-refractivity contribution in [3.8, 4) is 0 Å². The molecule has 0 atom stereocenters. The number of hydrogen-bond donors (Lipinski definition) is 1. The number of anilines is 1. The third-order valence-electron chi connectivity index (χ3n) is 4.83. The van der Waals surface area contributed by atoms with Gasteiger partial charge in [-0.05, 0) is 55.0 Å². The van der Waals surface area contributed by atoms with Crippen LogP contribution in [-0.2, 0) is 0 Å². The number of para-hydroxylation sites is 1. The smallest absolute Gasteiger partial charge is 0.200 e. The lowest BCUT2D eigenvalue weighted by Crippen LogP contribution is -2.37. The molecule has 0 heterocycles. The van der Waals surface area contributed by atoms with Gasteiger partial charge in [-0.3, -0.25) is 0 Å². The fourth-order valence-electron chi connectivity index (χ4n) is 3.57. The summed E-state index contributed by atoms with van der Waals surface area (Å²) in [6, 6.07) is 41.0. The molecule has 0 fully saturated rings. The number of nitrogens with one attached hydrogen (secondary N) is 1. The number of benzene rings is 4. The van der Waals surface area contributed by atoms with Gasteiger partial charge in [0, 0.05) is 0 Å². The molecular formula is C25H23NP+. The van der Waals surface area contributed by atoms with Gasteiger partial charge in [0.05, 0.1) is 5.69 Å². The second kappa shape index (κ2) is 7.78. The SMILES string of the molecule is Cc1ccccc1[P+](Nc1ccccc1)(c1ccccc1)c1ccccc1. The Balaban J connectivity index is 2.04. The van der Waals surface area contributed by atoms with E-state index >= 15 is 0 Å². The second-order valence-electron chi connectivity index (χ2n) is 6.61. The van der Waals surface area contributed by atoms with Crippen LogP contribution in [0.25, 0.3) is 0 Å². The molecule has 1 nitrogen and oxygen atoms in total. The van der Waals surface area contributed by atoms with Gasteiger partial charge in [0.25, 0.3) is 0 Å². The molecule has 1 N–H and O–H groups in total.